The highest BCUT2D eigenvalue weighted by molar-refractivity contribution is 5.95. The number of anilines is 2. The predicted molar refractivity (Wildman–Crippen MR) is 130 cm³/mol. The molecule has 1 amide bonds. The lowest BCUT2D eigenvalue weighted by Crippen LogP contribution is -2.25. The van der Waals surface area contributed by atoms with E-state index in [4.69, 9.17) is 4.74 Å². The average Bonchev–Trinajstić information content (AvgIpc) is 2.78. The zero-order chi connectivity index (χ0) is 22.1. The first-order valence-electron chi connectivity index (χ1n) is 10.6. The molecule has 4 heteroatoms. The third-order valence-corrected chi connectivity index (χ3v) is 4.89. The van der Waals surface area contributed by atoms with Crippen LogP contribution in [0.1, 0.15) is 41.8 Å². The first-order chi connectivity index (χ1) is 15.0. The molecule has 0 radical (unpaired) electrons. The van der Waals surface area contributed by atoms with Gasteiger partial charge in [-0.3, -0.25) is 4.79 Å². The van der Waals surface area contributed by atoms with Gasteiger partial charge in [-0.1, -0.05) is 56.3 Å². The Morgan fingerprint density at radius 2 is 1.58 bits per heavy atom. The summed E-state index contributed by atoms with van der Waals surface area (Å²) >= 11 is 0. The van der Waals surface area contributed by atoms with E-state index in [0.717, 1.165) is 34.7 Å². The molecule has 0 aliphatic heterocycles. The highest BCUT2D eigenvalue weighted by Crippen LogP contribution is 2.20. The molecular weight excluding hydrogens is 384 g/mol. The summed E-state index contributed by atoms with van der Waals surface area (Å²) in [6.07, 6.45) is 5.12. The molecule has 160 valence electrons. The van der Waals surface area contributed by atoms with Crippen LogP contribution in [0.2, 0.25) is 0 Å². The molecule has 31 heavy (non-hydrogen) atoms. The molecule has 4 nitrogen and oxygen atoms in total. The monoisotopic (exact) mass is 414 g/mol. The van der Waals surface area contributed by atoms with E-state index in [2.05, 4.69) is 48.8 Å². The Labute approximate surface area is 185 Å². The number of methoxy groups -OCH3 is 1. The Hall–Kier alpha value is -3.53. The number of nitrogens with one attached hydrogen (secondary N) is 2. The van der Waals surface area contributed by atoms with E-state index >= 15 is 0 Å². The lowest BCUT2D eigenvalue weighted by molar-refractivity contribution is 0.0952. The first-order valence-corrected chi connectivity index (χ1v) is 10.6. The number of benzene rings is 3. The summed E-state index contributed by atoms with van der Waals surface area (Å²) in [4.78, 5) is 12.4. The fraction of sp³-hybridized carbons (Fsp3) is 0.222. The fourth-order valence-corrected chi connectivity index (χ4v) is 3.11. The lowest BCUT2D eigenvalue weighted by Gasteiger charge is -2.10. The van der Waals surface area contributed by atoms with Crippen molar-refractivity contribution in [2.75, 3.05) is 19.0 Å². The van der Waals surface area contributed by atoms with Gasteiger partial charge in [-0.05, 0) is 65.9 Å². The summed E-state index contributed by atoms with van der Waals surface area (Å²) in [5.74, 6) is 1.37. The fourth-order valence-electron chi connectivity index (χ4n) is 3.11. The number of hydrogen-bond acceptors (Lipinski definition) is 3. The van der Waals surface area contributed by atoms with Gasteiger partial charge >= 0.3 is 0 Å². The van der Waals surface area contributed by atoms with Crippen LogP contribution >= 0.6 is 0 Å². The maximum atomic E-state index is 12.4. The van der Waals surface area contributed by atoms with Crippen molar-refractivity contribution in [1.82, 2.24) is 5.32 Å². The molecule has 0 atom stereocenters. The van der Waals surface area contributed by atoms with Crippen LogP contribution < -0.4 is 15.4 Å². The topological polar surface area (TPSA) is 50.4 Å². The van der Waals surface area contributed by atoms with Gasteiger partial charge in [0, 0.05) is 23.5 Å². The van der Waals surface area contributed by atoms with E-state index in [0.29, 0.717) is 18.0 Å². The second kappa shape index (κ2) is 11.0. The maximum absolute atomic E-state index is 12.4. The summed E-state index contributed by atoms with van der Waals surface area (Å²) in [6.45, 7) is 4.99. The summed E-state index contributed by atoms with van der Waals surface area (Å²) < 4.78 is 5.20. The molecule has 0 aromatic heterocycles. The molecule has 3 aromatic carbocycles. The summed E-state index contributed by atoms with van der Waals surface area (Å²) in [7, 11) is 1.67. The molecule has 2 N–H and O–H groups in total. The second-order valence-corrected chi connectivity index (χ2v) is 7.88. The zero-order valence-electron chi connectivity index (χ0n) is 18.4. The Kier molecular flexibility index (Phi) is 7.88. The van der Waals surface area contributed by atoms with Crippen molar-refractivity contribution in [1.29, 1.82) is 0 Å². The van der Waals surface area contributed by atoms with Crippen molar-refractivity contribution in [2.24, 2.45) is 5.92 Å². The lowest BCUT2D eigenvalue weighted by atomic mass is 10.1. The Morgan fingerprint density at radius 3 is 2.29 bits per heavy atom. The van der Waals surface area contributed by atoms with Gasteiger partial charge in [0.1, 0.15) is 5.75 Å². The number of ether oxygens (including phenoxy) is 1. The molecule has 0 saturated carbocycles. The predicted octanol–water partition coefficient (Wildman–Crippen LogP) is 6.39. The van der Waals surface area contributed by atoms with Gasteiger partial charge in [0.15, 0.2) is 0 Å². The van der Waals surface area contributed by atoms with Crippen LogP contribution in [0.25, 0.3) is 12.2 Å². The number of carbonyl (C=O) groups excluding carboxylic acids is 1. The molecule has 0 aliphatic rings. The van der Waals surface area contributed by atoms with Crippen molar-refractivity contribution >= 4 is 29.4 Å². The Morgan fingerprint density at radius 1 is 0.903 bits per heavy atom. The number of carbonyl (C=O) groups is 1. The Balaban J connectivity index is 1.65. The van der Waals surface area contributed by atoms with Crippen LogP contribution in [0, 0.1) is 5.92 Å². The number of rotatable bonds is 9. The van der Waals surface area contributed by atoms with Gasteiger partial charge < -0.3 is 15.4 Å². The van der Waals surface area contributed by atoms with E-state index in [-0.39, 0.29) is 5.91 Å². The van der Waals surface area contributed by atoms with Gasteiger partial charge in [0.2, 0.25) is 0 Å². The maximum Gasteiger partial charge on any atom is 0.251 e. The smallest absolute Gasteiger partial charge is 0.251 e. The van der Waals surface area contributed by atoms with Crippen LogP contribution in [0.15, 0.2) is 72.8 Å². The summed E-state index contributed by atoms with van der Waals surface area (Å²) in [5.41, 5.74) is 4.70. The number of hydrogen-bond donors (Lipinski definition) is 2. The largest absolute Gasteiger partial charge is 0.497 e. The van der Waals surface area contributed by atoms with Crippen LogP contribution in [-0.4, -0.2) is 19.6 Å². The normalized spacial score (nSPS) is 11.0. The summed E-state index contributed by atoms with van der Waals surface area (Å²) in [6, 6.07) is 23.7. The van der Waals surface area contributed by atoms with Crippen molar-refractivity contribution in [3.05, 3.63) is 89.5 Å². The molecule has 0 fully saturated rings. The highest BCUT2D eigenvalue weighted by Gasteiger charge is 2.06. The average molecular weight is 415 g/mol. The van der Waals surface area contributed by atoms with Crippen molar-refractivity contribution in [2.45, 2.75) is 20.3 Å². The van der Waals surface area contributed by atoms with Crippen LogP contribution in [-0.2, 0) is 0 Å². The van der Waals surface area contributed by atoms with E-state index in [1.54, 1.807) is 7.11 Å². The van der Waals surface area contributed by atoms with E-state index in [1.165, 1.54) is 0 Å². The molecule has 3 rings (SSSR count). The van der Waals surface area contributed by atoms with Crippen LogP contribution in [0.5, 0.6) is 5.75 Å². The van der Waals surface area contributed by atoms with Gasteiger partial charge in [0.25, 0.3) is 5.91 Å². The molecule has 0 unspecified atom stereocenters. The quantitative estimate of drug-likeness (QED) is 0.399. The van der Waals surface area contributed by atoms with Crippen LogP contribution in [0.3, 0.4) is 0 Å². The molecule has 0 spiro atoms. The Bertz CT molecular complexity index is 1020. The van der Waals surface area contributed by atoms with E-state index in [9.17, 15) is 4.79 Å². The standard InChI is InChI=1S/C27H30N2O2/c1-20(2)16-17-28-27(30)23-7-5-9-25(19-23)29-24-8-4-6-22(18-24)11-10-21-12-14-26(31-3)15-13-21/h4-15,18-20,29H,16-17H2,1-3H3,(H,28,30). The van der Waals surface area contributed by atoms with Crippen molar-refractivity contribution in [3.63, 3.8) is 0 Å². The van der Waals surface area contributed by atoms with Crippen molar-refractivity contribution < 1.29 is 9.53 Å². The van der Waals surface area contributed by atoms with E-state index in [1.807, 2.05) is 60.7 Å². The SMILES string of the molecule is COc1ccc(C=Cc2cccc(Nc3cccc(C(=O)NCCC(C)C)c3)c2)cc1. The molecular formula is C27H30N2O2. The third-order valence-electron chi connectivity index (χ3n) is 4.89. The third kappa shape index (κ3) is 7.03. The van der Waals surface area contributed by atoms with Gasteiger partial charge in [-0.15, -0.1) is 0 Å². The molecule has 0 bridgehead atoms. The van der Waals surface area contributed by atoms with Crippen molar-refractivity contribution in [3.8, 4) is 5.75 Å². The first kappa shape index (κ1) is 22.2. The highest BCUT2D eigenvalue weighted by atomic mass is 16.5. The minimum absolute atomic E-state index is 0.0412. The van der Waals surface area contributed by atoms with Gasteiger partial charge in [-0.25, -0.2) is 0 Å². The zero-order valence-corrected chi connectivity index (χ0v) is 18.4. The minimum atomic E-state index is -0.0412. The van der Waals surface area contributed by atoms with Gasteiger partial charge in [-0.2, -0.15) is 0 Å². The second-order valence-electron chi connectivity index (χ2n) is 7.88. The molecule has 0 heterocycles. The number of amides is 1. The molecule has 0 aliphatic carbocycles. The van der Waals surface area contributed by atoms with E-state index < -0.39 is 0 Å². The van der Waals surface area contributed by atoms with Gasteiger partial charge in [0.05, 0.1) is 7.11 Å². The van der Waals surface area contributed by atoms with Crippen LogP contribution in [0.4, 0.5) is 11.4 Å². The minimum Gasteiger partial charge on any atom is -0.497 e. The summed E-state index contributed by atoms with van der Waals surface area (Å²) in [5, 5.41) is 6.38. The molecule has 0 saturated heterocycles. The molecule has 3 aromatic rings.